The first-order chi connectivity index (χ1) is 18.2. The third-order valence-corrected chi connectivity index (χ3v) is 6.45. The lowest BCUT2D eigenvalue weighted by molar-refractivity contribution is -0.120. The van der Waals surface area contributed by atoms with Crippen molar-refractivity contribution in [2.24, 2.45) is 5.92 Å². The second-order valence-electron chi connectivity index (χ2n) is 8.40. The summed E-state index contributed by atoms with van der Waals surface area (Å²) in [5.41, 5.74) is 0.576. The number of nitrogens with zero attached hydrogens (tertiary/aromatic N) is 3. The maximum absolute atomic E-state index is 13.7. The summed E-state index contributed by atoms with van der Waals surface area (Å²) < 4.78 is 38.5. The molecule has 1 aliphatic rings. The summed E-state index contributed by atoms with van der Waals surface area (Å²) >= 11 is 11.9. The van der Waals surface area contributed by atoms with E-state index in [2.05, 4.69) is 15.3 Å². The van der Waals surface area contributed by atoms with Crippen molar-refractivity contribution in [3.63, 3.8) is 0 Å². The minimum Gasteiger partial charge on any atom is -0.493 e. The summed E-state index contributed by atoms with van der Waals surface area (Å²) in [5, 5.41) is 11.9. The molecule has 2 N–H and O–H groups in total. The number of aliphatic hydroxyl groups excluding tert-OH is 1. The summed E-state index contributed by atoms with van der Waals surface area (Å²) in [6.07, 6.45) is 1.15. The first-order valence-corrected chi connectivity index (χ1v) is 12.3. The molecule has 2 atom stereocenters. The van der Waals surface area contributed by atoms with Gasteiger partial charge in [0, 0.05) is 30.5 Å². The number of anilines is 1. The highest BCUT2D eigenvalue weighted by Crippen LogP contribution is 2.34. The molecule has 200 valence electrons. The van der Waals surface area contributed by atoms with Gasteiger partial charge in [-0.1, -0.05) is 11.6 Å². The molecule has 1 unspecified atom stereocenters. The molecule has 4 rings (SSSR count). The number of halogens is 4. The van der Waals surface area contributed by atoms with Gasteiger partial charge < -0.3 is 24.8 Å². The van der Waals surface area contributed by atoms with Gasteiger partial charge in [-0.05, 0) is 30.3 Å². The van der Waals surface area contributed by atoms with E-state index in [1.54, 1.807) is 18.2 Å². The van der Waals surface area contributed by atoms with Crippen LogP contribution in [-0.2, 0) is 4.79 Å². The summed E-state index contributed by atoms with van der Waals surface area (Å²) in [5.74, 6) is -2.94. The van der Waals surface area contributed by atoms with Gasteiger partial charge in [-0.3, -0.25) is 9.59 Å². The molecule has 3 aromatic rings. The summed E-state index contributed by atoms with van der Waals surface area (Å²) in [6.45, 7) is -0.120. The molecule has 0 bridgehead atoms. The average molecular weight is 567 g/mol. The first-order valence-electron chi connectivity index (χ1n) is 11.3. The Labute approximate surface area is 226 Å². The fourth-order valence-corrected chi connectivity index (χ4v) is 3.96. The number of aliphatic hydroxyl groups is 1. The monoisotopic (exact) mass is 566 g/mol. The van der Waals surface area contributed by atoms with Crippen molar-refractivity contribution < 1.29 is 33.0 Å². The van der Waals surface area contributed by atoms with Crippen LogP contribution in [-0.4, -0.2) is 65.7 Å². The van der Waals surface area contributed by atoms with Gasteiger partial charge in [-0.15, -0.1) is 11.6 Å². The first kappa shape index (κ1) is 27.5. The number of hydrogen-bond acceptors (Lipinski definition) is 7. The maximum Gasteiger partial charge on any atom is 0.289 e. The standard InChI is InChI=1S/C25H22Cl2F2N4O5/c1-33-20-7-15(37-11-13(8-26)10-34)3-5-21(20)38-12-19(25(33)36)31-24(35)23-30-9-16(27)22(32-23)14-2-4-17(28)18(29)6-14/h2-7,9,13,19,34H,8,10-12H2,1H3,(H,31,35)/t13?,19-/m0/s1. The second kappa shape index (κ2) is 11.9. The number of nitrogens with one attached hydrogen (secondary N) is 1. The highest BCUT2D eigenvalue weighted by Gasteiger charge is 2.32. The molecule has 13 heteroatoms. The van der Waals surface area contributed by atoms with Crippen molar-refractivity contribution in [3.05, 3.63) is 65.1 Å². The van der Waals surface area contributed by atoms with E-state index in [4.69, 9.17) is 32.7 Å². The Kier molecular flexibility index (Phi) is 8.60. The molecule has 1 aliphatic heterocycles. The van der Waals surface area contributed by atoms with E-state index in [-0.39, 0.29) is 53.7 Å². The predicted molar refractivity (Wildman–Crippen MR) is 136 cm³/mol. The van der Waals surface area contributed by atoms with Crippen LogP contribution in [0.2, 0.25) is 5.02 Å². The minimum absolute atomic E-state index is 0.0174. The number of likely N-dealkylation sites (N-methyl/N-ethyl adjacent to an activating group) is 1. The Morgan fingerprint density at radius 3 is 2.79 bits per heavy atom. The van der Waals surface area contributed by atoms with Crippen molar-refractivity contribution in [2.75, 3.05) is 37.6 Å². The topological polar surface area (TPSA) is 114 Å². The largest absolute Gasteiger partial charge is 0.493 e. The highest BCUT2D eigenvalue weighted by atomic mass is 35.5. The lowest BCUT2D eigenvalue weighted by Gasteiger charge is -2.21. The van der Waals surface area contributed by atoms with Crippen LogP contribution in [0.4, 0.5) is 14.5 Å². The van der Waals surface area contributed by atoms with Gasteiger partial charge in [0.15, 0.2) is 11.6 Å². The molecular formula is C25H22Cl2F2N4O5. The number of carbonyl (C=O) groups is 2. The summed E-state index contributed by atoms with van der Waals surface area (Å²) in [7, 11) is 1.52. The number of carbonyl (C=O) groups excluding carboxylic acids is 2. The van der Waals surface area contributed by atoms with Gasteiger partial charge in [0.2, 0.25) is 5.82 Å². The van der Waals surface area contributed by atoms with Crippen LogP contribution in [0, 0.1) is 17.6 Å². The van der Waals surface area contributed by atoms with Crippen LogP contribution >= 0.6 is 23.2 Å². The number of aromatic nitrogens is 2. The van der Waals surface area contributed by atoms with E-state index in [1.165, 1.54) is 18.0 Å². The molecule has 0 aliphatic carbocycles. The third-order valence-electron chi connectivity index (χ3n) is 5.73. The zero-order valence-electron chi connectivity index (χ0n) is 20.0. The van der Waals surface area contributed by atoms with Crippen LogP contribution < -0.4 is 19.7 Å². The average Bonchev–Trinajstić information content (AvgIpc) is 3.03. The molecule has 38 heavy (non-hydrogen) atoms. The van der Waals surface area contributed by atoms with Crippen LogP contribution in [0.25, 0.3) is 11.3 Å². The van der Waals surface area contributed by atoms with Crippen LogP contribution in [0.15, 0.2) is 42.6 Å². The molecule has 2 amide bonds. The summed E-state index contributed by atoms with van der Waals surface area (Å²) in [6, 6.07) is 6.88. The molecule has 0 spiro atoms. The van der Waals surface area contributed by atoms with Gasteiger partial charge in [-0.2, -0.15) is 0 Å². The summed E-state index contributed by atoms with van der Waals surface area (Å²) in [4.78, 5) is 35.4. The van der Waals surface area contributed by atoms with E-state index in [9.17, 15) is 23.5 Å². The number of rotatable bonds is 8. The van der Waals surface area contributed by atoms with Crippen molar-refractivity contribution in [1.29, 1.82) is 0 Å². The van der Waals surface area contributed by atoms with Crippen molar-refractivity contribution in [3.8, 4) is 22.8 Å². The molecule has 2 aromatic carbocycles. The highest BCUT2D eigenvalue weighted by molar-refractivity contribution is 6.33. The smallest absolute Gasteiger partial charge is 0.289 e. The molecular weight excluding hydrogens is 545 g/mol. The SMILES string of the molecule is CN1C(=O)[C@@H](NC(=O)c2ncc(Cl)c(-c3ccc(F)c(F)c3)n2)COc2ccc(OCC(CO)CCl)cc21. The number of ether oxygens (including phenoxy) is 2. The fourth-order valence-electron chi connectivity index (χ4n) is 3.58. The lowest BCUT2D eigenvalue weighted by atomic mass is 10.1. The van der Waals surface area contributed by atoms with Gasteiger partial charge >= 0.3 is 0 Å². The Balaban J connectivity index is 1.50. The van der Waals surface area contributed by atoms with Crippen LogP contribution in [0.1, 0.15) is 10.6 Å². The van der Waals surface area contributed by atoms with Gasteiger partial charge in [-0.25, -0.2) is 18.7 Å². The quantitative estimate of drug-likeness (QED) is 0.401. The van der Waals surface area contributed by atoms with E-state index in [0.29, 0.717) is 17.2 Å². The zero-order valence-corrected chi connectivity index (χ0v) is 21.5. The Morgan fingerprint density at radius 2 is 2.08 bits per heavy atom. The van der Waals surface area contributed by atoms with Crippen LogP contribution in [0.5, 0.6) is 11.5 Å². The number of hydrogen-bond donors (Lipinski definition) is 2. The maximum atomic E-state index is 13.7. The Hall–Kier alpha value is -3.54. The molecule has 0 saturated carbocycles. The number of alkyl halides is 1. The van der Waals surface area contributed by atoms with Gasteiger partial charge in [0.1, 0.15) is 24.1 Å². The lowest BCUT2D eigenvalue weighted by Crippen LogP contribution is -2.49. The van der Waals surface area contributed by atoms with Crippen molar-refractivity contribution >= 4 is 40.7 Å². The zero-order chi connectivity index (χ0) is 27.4. The van der Waals surface area contributed by atoms with E-state index in [0.717, 1.165) is 18.3 Å². The van der Waals surface area contributed by atoms with Gasteiger partial charge in [0.25, 0.3) is 11.8 Å². The Morgan fingerprint density at radius 1 is 1.29 bits per heavy atom. The second-order valence-corrected chi connectivity index (χ2v) is 9.11. The van der Waals surface area contributed by atoms with Crippen LogP contribution in [0.3, 0.4) is 0 Å². The van der Waals surface area contributed by atoms with Crippen molar-refractivity contribution in [1.82, 2.24) is 15.3 Å². The normalized spacial score (nSPS) is 15.8. The molecule has 0 fully saturated rings. The van der Waals surface area contributed by atoms with E-state index in [1.807, 2.05) is 0 Å². The predicted octanol–water partition coefficient (Wildman–Crippen LogP) is 3.46. The third kappa shape index (κ3) is 5.95. The minimum atomic E-state index is -1.10. The van der Waals surface area contributed by atoms with E-state index < -0.39 is 29.5 Å². The van der Waals surface area contributed by atoms with Crippen molar-refractivity contribution in [2.45, 2.75) is 6.04 Å². The number of benzene rings is 2. The molecule has 2 heterocycles. The molecule has 9 nitrogen and oxygen atoms in total. The molecule has 0 radical (unpaired) electrons. The number of fused-ring (bicyclic) bond motifs is 1. The molecule has 1 aromatic heterocycles. The Bertz CT molecular complexity index is 1360. The van der Waals surface area contributed by atoms with Gasteiger partial charge in [0.05, 0.1) is 35.8 Å². The molecule has 0 saturated heterocycles. The van der Waals surface area contributed by atoms with E-state index >= 15 is 0 Å². The fraction of sp³-hybridized carbons (Fsp3) is 0.280. The number of amides is 2.